The van der Waals surface area contributed by atoms with Crippen LogP contribution in [0, 0.1) is 0 Å². The average Bonchev–Trinajstić information content (AvgIpc) is 2.19. The third-order valence-electron chi connectivity index (χ3n) is 2.89. The summed E-state index contributed by atoms with van der Waals surface area (Å²) in [7, 11) is 0. The molecule has 0 spiro atoms. The van der Waals surface area contributed by atoms with Gasteiger partial charge >= 0.3 is 0 Å². The second-order valence-electron chi connectivity index (χ2n) is 4.11. The highest BCUT2D eigenvalue weighted by atomic mass is 14.8. The Morgan fingerprint density at radius 1 is 1.15 bits per heavy atom. The van der Waals surface area contributed by atoms with Gasteiger partial charge in [-0.05, 0) is 38.5 Å². The summed E-state index contributed by atoms with van der Waals surface area (Å²) in [5, 5.41) is 0. The van der Waals surface area contributed by atoms with Gasteiger partial charge in [0.2, 0.25) is 0 Å². The lowest BCUT2D eigenvalue weighted by Crippen LogP contribution is -2.11. The van der Waals surface area contributed by atoms with Crippen molar-refractivity contribution in [3.63, 3.8) is 0 Å². The van der Waals surface area contributed by atoms with Gasteiger partial charge in [-0.3, -0.25) is 4.99 Å². The van der Waals surface area contributed by atoms with Gasteiger partial charge in [-0.2, -0.15) is 0 Å². The molecule has 0 aliphatic heterocycles. The van der Waals surface area contributed by atoms with E-state index in [2.05, 4.69) is 13.8 Å². The van der Waals surface area contributed by atoms with Crippen LogP contribution >= 0.6 is 0 Å². The van der Waals surface area contributed by atoms with Crippen molar-refractivity contribution < 1.29 is 0 Å². The van der Waals surface area contributed by atoms with E-state index in [1.54, 1.807) is 0 Å². The first-order chi connectivity index (χ1) is 6.36. The van der Waals surface area contributed by atoms with E-state index in [-0.39, 0.29) is 0 Å². The molecule has 0 N–H and O–H groups in total. The molecule has 1 aliphatic carbocycles. The van der Waals surface area contributed by atoms with E-state index >= 15 is 0 Å². The number of aliphatic imine (C=N–C) groups is 1. The van der Waals surface area contributed by atoms with Gasteiger partial charge in [0.1, 0.15) is 0 Å². The molecule has 1 fully saturated rings. The van der Waals surface area contributed by atoms with Crippen LogP contribution in [-0.4, -0.2) is 11.8 Å². The minimum Gasteiger partial charge on any atom is -0.291 e. The van der Waals surface area contributed by atoms with E-state index in [1.165, 1.54) is 57.1 Å². The van der Waals surface area contributed by atoms with E-state index in [0.717, 1.165) is 0 Å². The van der Waals surface area contributed by atoms with Crippen molar-refractivity contribution in [1.82, 2.24) is 0 Å². The molecule has 1 heteroatoms. The molecule has 0 saturated heterocycles. The number of nitrogens with zero attached hydrogens (tertiary/aromatic N) is 1. The Kier molecular flexibility index (Phi) is 5.10. The summed E-state index contributed by atoms with van der Waals surface area (Å²) < 4.78 is 0. The third-order valence-corrected chi connectivity index (χ3v) is 2.89. The van der Waals surface area contributed by atoms with E-state index < -0.39 is 0 Å². The molecular weight excluding hydrogens is 158 g/mol. The molecule has 0 heterocycles. The molecule has 1 rings (SSSR count). The minimum atomic E-state index is 0.623. The van der Waals surface area contributed by atoms with Gasteiger partial charge < -0.3 is 0 Å². The van der Waals surface area contributed by atoms with Crippen molar-refractivity contribution >= 4 is 5.71 Å². The van der Waals surface area contributed by atoms with Gasteiger partial charge in [-0.15, -0.1) is 0 Å². The normalized spacial score (nSPS) is 20.0. The summed E-state index contributed by atoms with van der Waals surface area (Å²) in [6.45, 7) is 4.51. The predicted molar refractivity (Wildman–Crippen MR) is 59.5 cm³/mol. The molecule has 0 bridgehead atoms. The average molecular weight is 181 g/mol. The molecule has 1 unspecified atom stereocenters. The van der Waals surface area contributed by atoms with Gasteiger partial charge in [0.25, 0.3) is 0 Å². The lowest BCUT2D eigenvalue weighted by Gasteiger charge is -2.16. The summed E-state index contributed by atoms with van der Waals surface area (Å²) in [5.41, 5.74) is 1.51. The summed E-state index contributed by atoms with van der Waals surface area (Å²) >= 11 is 0. The quantitative estimate of drug-likeness (QED) is 0.622. The molecule has 76 valence electrons. The molecule has 13 heavy (non-hydrogen) atoms. The fourth-order valence-electron chi connectivity index (χ4n) is 2.04. The van der Waals surface area contributed by atoms with E-state index in [4.69, 9.17) is 4.99 Å². The zero-order chi connectivity index (χ0) is 9.52. The first kappa shape index (κ1) is 10.7. The largest absolute Gasteiger partial charge is 0.291 e. The Morgan fingerprint density at radius 2 is 1.85 bits per heavy atom. The second-order valence-corrected chi connectivity index (χ2v) is 4.11. The Bertz CT molecular complexity index is 153. The summed E-state index contributed by atoms with van der Waals surface area (Å²) in [5.74, 6) is 0. The molecular formula is C12H23N. The van der Waals surface area contributed by atoms with Crippen molar-refractivity contribution in [2.75, 3.05) is 0 Å². The second kappa shape index (κ2) is 6.17. The van der Waals surface area contributed by atoms with Crippen molar-refractivity contribution in [1.29, 1.82) is 0 Å². The Morgan fingerprint density at radius 3 is 2.38 bits per heavy atom. The van der Waals surface area contributed by atoms with Crippen LogP contribution in [0.15, 0.2) is 4.99 Å². The first-order valence-electron chi connectivity index (χ1n) is 5.92. The molecule has 1 saturated carbocycles. The maximum absolute atomic E-state index is 4.86. The molecule has 1 atom stereocenters. The van der Waals surface area contributed by atoms with Gasteiger partial charge in [0.05, 0.1) is 0 Å². The zero-order valence-corrected chi connectivity index (χ0v) is 9.18. The third kappa shape index (κ3) is 3.93. The van der Waals surface area contributed by atoms with Crippen LogP contribution in [-0.2, 0) is 0 Å². The fourth-order valence-corrected chi connectivity index (χ4v) is 2.04. The van der Waals surface area contributed by atoms with Gasteiger partial charge in [-0.1, -0.05) is 26.7 Å². The van der Waals surface area contributed by atoms with Crippen LogP contribution in [0.1, 0.15) is 65.2 Å². The van der Waals surface area contributed by atoms with E-state index in [9.17, 15) is 0 Å². The van der Waals surface area contributed by atoms with Crippen LogP contribution in [0.2, 0.25) is 0 Å². The fraction of sp³-hybridized carbons (Fsp3) is 0.917. The standard InChI is InChI=1S/C12H23N/c1-3-8-11(4-2)13-12-9-6-5-7-10-12/h11H,3-10H2,1-2H3. The van der Waals surface area contributed by atoms with Crippen molar-refractivity contribution in [3.05, 3.63) is 0 Å². The lowest BCUT2D eigenvalue weighted by atomic mass is 9.98. The van der Waals surface area contributed by atoms with Crippen LogP contribution in [0.4, 0.5) is 0 Å². The van der Waals surface area contributed by atoms with Crippen LogP contribution in [0.5, 0.6) is 0 Å². The van der Waals surface area contributed by atoms with Crippen molar-refractivity contribution in [2.45, 2.75) is 71.3 Å². The highest BCUT2D eigenvalue weighted by Crippen LogP contribution is 2.17. The SMILES string of the molecule is CCCC(CC)N=C1CCCCC1. The molecule has 0 amide bonds. The Labute approximate surface area is 82.6 Å². The summed E-state index contributed by atoms with van der Waals surface area (Å²) in [6, 6.07) is 0.623. The van der Waals surface area contributed by atoms with Crippen LogP contribution in [0.25, 0.3) is 0 Å². The number of hydrogen-bond acceptors (Lipinski definition) is 1. The molecule has 0 radical (unpaired) electrons. The highest BCUT2D eigenvalue weighted by molar-refractivity contribution is 5.85. The zero-order valence-electron chi connectivity index (χ0n) is 9.18. The van der Waals surface area contributed by atoms with Crippen molar-refractivity contribution in [3.8, 4) is 0 Å². The Hall–Kier alpha value is -0.330. The highest BCUT2D eigenvalue weighted by Gasteiger charge is 2.09. The smallest absolute Gasteiger partial charge is 0.0496 e. The number of hydrogen-bond donors (Lipinski definition) is 0. The van der Waals surface area contributed by atoms with E-state index in [0.29, 0.717) is 6.04 Å². The maximum atomic E-state index is 4.86. The topological polar surface area (TPSA) is 12.4 Å². The molecule has 0 aromatic carbocycles. The van der Waals surface area contributed by atoms with Crippen molar-refractivity contribution in [2.24, 2.45) is 4.99 Å². The number of rotatable bonds is 4. The molecule has 0 aromatic rings. The van der Waals surface area contributed by atoms with Crippen LogP contribution in [0.3, 0.4) is 0 Å². The van der Waals surface area contributed by atoms with Gasteiger partial charge in [0.15, 0.2) is 0 Å². The summed E-state index contributed by atoms with van der Waals surface area (Å²) in [6.07, 6.45) is 10.5. The molecule has 1 nitrogen and oxygen atoms in total. The summed E-state index contributed by atoms with van der Waals surface area (Å²) in [4.78, 5) is 4.86. The maximum Gasteiger partial charge on any atom is 0.0496 e. The molecule has 1 aliphatic rings. The minimum absolute atomic E-state index is 0.623. The van der Waals surface area contributed by atoms with Crippen LogP contribution < -0.4 is 0 Å². The molecule has 0 aromatic heterocycles. The first-order valence-corrected chi connectivity index (χ1v) is 5.92. The lowest BCUT2D eigenvalue weighted by molar-refractivity contribution is 0.576. The van der Waals surface area contributed by atoms with E-state index in [1.807, 2.05) is 0 Å². The predicted octanol–water partition coefficient (Wildman–Crippen LogP) is 3.97. The Balaban J connectivity index is 2.39. The van der Waals surface area contributed by atoms with Gasteiger partial charge in [0, 0.05) is 11.8 Å². The monoisotopic (exact) mass is 181 g/mol. The van der Waals surface area contributed by atoms with Gasteiger partial charge in [-0.25, -0.2) is 0 Å².